The van der Waals surface area contributed by atoms with Gasteiger partial charge in [-0.05, 0) is 62.2 Å². The van der Waals surface area contributed by atoms with E-state index in [4.69, 9.17) is 9.47 Å². The summed E-state index contributed by atoms with van der Waals surface area (Å²) in [5.41, 5.74) is 1.09. The third-order valence-corrected chi connectivity index (χ3v) is 3.74. The van der Waals surface area contributed by atoms with Crippen molar-refractivity contribution < 1.29 is 18.7 Å². The van der Waals surface area contributed by atoms with Gasteiger partial charge in [0.05, 0.1) is 13.2 Å². The predicted molar refractivity (Wildman–Crippen MR) is 99.2 cm³/mol. The molecule has 0 aliphatic rings. The van der Waals surface area contributed by atoms with Crippen molar-refractivity contribution in [3.63, 3.8) is 0 Å². The molecule has 0 aromatic heterocycles. The van der Waals surface area contributed by atoms with Gasteiger partial charge in [0.2, 0.25) is 0 Å². The number of halogens is 1. The smallest absolute Gasteiger partial charge is 0.315 e. The van der Waals surface area contributed by atoms with Gasteiger partial charge in [-0.2, -0.15) is 0 Å². The second-order valence-electron chi connectivity index (χ2n) is 6.24. The van der Waals surface area contributed by atoms with Crippen molar-refractivity contribution in [3.8, 4) is 11.5 Å². The lowest BCUT2D eigenvalue weighted by atomic mass is 10.1. The molecule has 2 atom stereocenters. The van der Waals surface area contributed by atoms with E-state index in [1.54, 1.807) is 19.2 Å². The van der Waals surface area contributed by atoms with Gasteiger partial charge in [-0.15, -0.1) is 0 Å². The molecule has 0 aliphatic carbocycles. The zero-order valence-corrected chi connectivity index (χ0v) is 15.3. The van der Waals surface area contributed by atoms with E-state index in [0.29, 0.717) is 18.8 Å². The van der Waals surface area contributed by atoms with Gasteiger partial charge in [-0.25, -0.2) is 9.18 Å². The van der Waals surface area contributed by atoms with Crippen LogP contribution in [-0.4, -0.2) is 31.8 Å². The predicted octanol–water partition coefficient (Wildman–Crippen LogP) is 3.53. The van der Waals surface area contributed by atoms with Crippen LogP contribution < -0.4 is 20.1 Å². The van der Waals surface area contributed by atoms with Gasteiger partial charge >= 0.3 is 6.03 Å². The number of methoxy groups -OCH3 is 1. The lowest BCUT2D eigenvalue weighted by Crippen LogP contribution is -2.46. The minimum atomic E-state index is -0.312. The van der Waals surface area contributed by atoms with Crippen LogP contribution in [0, 0.1) is 5.82 Å². The van der Waals surface area contributed by atoms with Crippen LogP contribution in [0.5, 0.6) is 11.5 Å². The first kappa shape index (κ1) is 19.6. The van der Waals surface area contributed by atoms with Crippen LogP contribution in [0.25, 0.3) is 0 Å². The number of carbonyl (C=O) groups is 1. The first-order valence-corrected chi connectivity index (χ1v) is 8.54. The molecule has 6 heteroatoms. The number of amides is 2. The minimum Gasteiger partial charge on any atom is -0.497 e. The Morgan fingerprint density at radius 2 is 1.73 bits per heavy atom. The van der Waals surface area contributed by atoms with Crippen LogP contribution in [0.15, 0.2) is 48.5 Å². The van der Waals surface area contributed by atoms with E-state index in [-0.39, 0.29) is 23.9 Å². The lowest BCUT2D eigenvalue weighted by molar-refractivity contribution is 0.223. The number of ether oxygens (including phenoxy) is 2. The highest BCUT2D eigenvalue weighted by Gasteiger charge is 2.12. The van der Waals surface area contributed by atoms with Gasteiger partial charge in [0.1, 0.15) is 23.9 Å². The van der Waals surface area contributed by atoms with Crippen molar-refractivity contribution in [1.82, 2.24) is 10.6 Å². The fraction of sp³-hybridized carbons (Fsp3) is 0.350. The van der Waals surface area contributed by atoms with Gasteiger partial charge < -0.3 is 20.1 Å². The summed E-state index contributed by atoms with van der Waals surface area (Å²) in [5.74, 6) is 1.05. The van der Waals surface area contributed by atoms with Crippen molar-refractivity contribution in [2.24, 2.45) is 0 Å². The van der Waals surface area contributed by atoms with Crippen molar-refractivity contribution >= 4 is 6.03 Å². The molecule has 140 valence electrons. The summed E-state index contributed by atoms with van der Waals surface area (Å²) in [6, 6.07) is 13.1. The summed E-state index contributed by atoms with van der Waals surface area (Å²) in [6.45, 7) is 4.08. The van der Waals surface area contributed by atoms with E-state index >= 15 is 0 Å². The largest absolute Gasteiger partial charge is 0.497 e. The van der Waals surface area contributed by atoms with Crippen molar-refractivity contribution in [1.29, 1.82) is 0 Å². The summed E-state index contributed by atoms with van der Waals surface area (Å²) >= 11 is 0. The Morgan fingerprint density at radius 3 is 2.42 bits per heavy atom. The highest BCUT2D eigenvalue weighted by Crippen LogP contribution is 2.14. The molecular weight excluding hydrogens is 335 g/mol. The molecule has 5 nitrogen and oxygen atoms in total. The first-order valence-electron chi connectivity index (χ1n) is 8.54. The molecule has 0 fully saturated rings. The van der Waals surface area contributed by atoms with Crippen LogP contribution in [0.3, 0.4) is 0 Å². The molecule has 0 saturated carbocycles. The summed E-state index contributed by atoms with van der Waals surface area (Å²) in [4.78, 5) is 12.1. The molecule has 2 aromatic carbocycles. The molecule has 0 spiro atoms. The summed E-state index contributed by atoms with van der Waals surface area (Å²) in [6.07, 6.45) is 0.699. The van der Waals surface area contributed by atoms with E-state index in [1.807, 2.05) is 38.1 Å². The molecule has 2 unspecified atom stereocenters. The van der Waals surface area contributed by atoms with E-state index in [9.17, 15) is 9.18 Å². The molecule has 2 rings (SSSR count). The lowest BCUT2D eigenvalue weighted by Gasteiger charge is -2.19. The van der Waals surface area contributed by atoms with Crippen LogP contribution in [0.4, 0.5) is 9.18 Å². The molecule has 0 aliphatic heterocycles. The third-order valence-electron chi connectivity index (χ3n) is 3.74. The minimum absolute atomic E-state index is 0.0349. The first-order chi connectivity index (χ1) is 12.5. The van der Waals surface area contributed by atoms with E-state index in [2.05, 4.69) is 10.6 Å². The number of rotatable bonds is 8. The number of benzene rings is 2. The molecular formula is C20H25FN2O3. The van der Waals surface area contributed by atoms with Crippen molar-refractivity contribution in [2.75, 3.05) is 13.7 Å². The van der Waals surface area contributed by atoms with E-state index in [0.717, 1.165) is 11.3 Å². The van der Waals surface area contributed by atoms with Crippen LogP contribution in [0.1, 0.15) is 19.4 Å². The van der Waals surface area contributed by atoms with Gasteiger partial charge in [0.15, 0.2) is 0 Å². The second-order valence-corrected chi connectivity index (χ2v) is 6.24. The van der Waals surface area contributed by atoms with Crippen LogP contribution in [-0.2, 0) is 6.42 Å². The number of hydrogen-bond donors (Lipinski definition) is 2. The molecule has 2 aromatic rings. The maximum absolute atomic E-state index is 12.8. The van der Waals surface area contributed by atoms with E-state index < -0.39 is 0 Å². The molecule has 0 heterocycles. The third kappa shape index (κ3) is 6.63. The SMILES string of the molecule is COc1cccc(CC(C)NC(=O)NC(C)COc2ccc(F)cc2)c1. The average Bonchev–Trinajstić information content (AvgIpc) is 2.61. The molecule has 0 saturated heterocycles. The Kier molecular flexibility index (Phi) is 7.26. The maximum Gasteiger partial charge on any atom is 0.315 e. The Hall–Kier alpha value is -2.76. The fourth-order valence-electron chi connectivity index (χ4n) is 2.49. The van der Waals surface area contributed by atoms with Crippen LogP contribution >= 0.6 is 0 Å². The van der Waals surface area contributed by atoms with Crippen LogP contribution in [0.2, 0.25) is 0 Å². The summed E-state index contributed by atoms with van der Waals surface area (Å²) in [7, 11) is 1.63. The molecule has 2 amide bonds. The maximum atomic E-state index is 12.8. The Labute approximate surface area is 153 Å². The van der Waals surface area contributed by atoms with Crippen molar-refractivity contribution in [2.45, 2.75) is 32.4 Å². The Balaban J connectivity index is 1.73. The van der Waals surface area contributed by atoms with Gasteiger partial charge in [0.25, 0.3) is 0 Å². The number of urea groups is 1. The highest BCUT2D eigenvalue weighted by atomic mass is 19.1. The Bertz CT molecular complexity index is 706. The second kappa shape index (κ2) is 9.65. The molecule has 0 bridgehead atoms. The summed E-state index contributed by atoms with van der Waals surface area (Å²) in [5, 5.41) is 5.73. The molecule has 2 N–H and O–H groups in total. The highest BCUT2D eigenvalue weighted by molar-refractivity contribution is 5.74. The van der Waals surface area contributed by atoms with Gasteiger partial charge in [0, 0.05) is 6.04 Å². The zero-order valence-electron chi connectivity index (χ0n) is 15.3. The average molecular weight is 360 g/mol. The van der Waals surface area contributed by atoms with E-state index in [1.165, 1.54) is 12.1 Å². The molecule has 0 radical (unpaired) electrons. The number of nitrogens with one attached hydrogen (secondary N) is 2. The molecule has 26 heavy (non-hydrogen) atoms. The quantitative estimate of drug-likeness (QED) is 0.757. The Morgan fingerprint density at radius 1 is 1.04 bits per heavy atom. The van der Waals surface area contributed by atoms with Gasteiger partial charge in [-0.3, -0.25) is 0 Å². The van der Waals surface area contributed by atoms with Crippen molar-refractivity contribution in [3.05, 3.63) is 59.9 Å². The normalized spacial score (nSPS) is 12.8. The fourth-order valence-corrected chi connectivity index (χ4v) is 2.49. The topological polar surface area (TPSA) is 59.6 Å². The number of hydrogen-bond acceptors (Lipinski definition) is 3. The monoisotopic (exact) mass is 360 g/mol. The standard InChI is InChI=1S/C20H25FN2O3/c1-14(11-16-5-4-6-19(12-16)25-3)22-20(24)23-15(2)13-26-18-9-7-17(21)8-10-18/h4-10,12,14-15H,11,13H2,1-3H3,(H2,22,23,24). The van der Waals surface area contributed by atoms with Gasteiger partial charge in [-0.1, -0.05) is 12.1 Å². The summed E-state index contributed by atoms with van der Waals surface area (Å²) < 4.78 is 23.6. The zero-order chi connectivity index (χ0) is 18.9. The number of carbonyl (C=O) groups excluding carboxylic acids is 1.